The number of halogens is 3. The van der Waals surface area contributed by atoms with E-state index in [4.69, 9.17) is 0 Å². The van der Waals surface area contributed by atoms with Crippen LogP contribution in [-0.4, -0.2) is 10.9 Å². The number of carbonyl (C=O) groups excluding carboxylic acids is 1. The molecule has 2 N–H and O–H groups in total. The number of nitrogens with zero attached hydrogens (tertiary/aromatic N) is 1. The summed E-state index contributed by atoms with van der Waals surface area (Å²) in [7, 11) is 0. The van der Waals surface area contributed by atoms with Gasteiger partial charge in [-0.3, -0.25) is 4.79 Å². The lowest BCUT2D eigenvalue weighted by Gasteiger charge is -2.11. The summed E-state index contributed by atoms with van der Waals surface area (Å²) < 4.78 is 37.8. The second-order valence-corrected chi connectivity index (χ2v) is 6.40. The number of carbonyl (C=O) groups is 1. The highest BCUT2D eigenvalue weighted by Gasteiger charge is 2.30. The van der Waals surface area contributed by atoms with Gasteiger partial charge in [-0.1, -0.05) is 12.1 Å². The molecule has 0 spiro atoms. The third-order valence-electron chi connectivity index (χ3n) is 4.15. The SMILES string of the molecule is Cc1ccc(C)c(Nc2ccc(NC(=O)c3ccc(C(F)(F)F)cc3)cn2)c1. The van der Waals surface area contributed by atoms with Crippen molar-refractivity contribution in [1.82, 2.24) is 4.98 Å². The monoisotopic (exact) mass is 385 g/mol. The van der Waals surface area contributed by atoms with Gasteiger partial charge < -0.3 is 10.6 Å². The van der Waals surface area contributed by atoms with Crippen LogP contribution in [0.1, 0.15) is 27.0 Å². The zero-order valence-electron chi connectivity index (χ0n) is 15.3. The quantitative estimate of drug-likeness (QED) is 0.605. The van der Waals surface area contributed by atoms with Crippen molar-refractivity contribution in [3.05, 3.63) is 83.0 Å². The molecule has 3 aromatic rings. The second-order valence-electron chi connectivity index (χ2n) is 6.40. The van der Waals surface area contributed by atoms with Crippen LogP contribution in [0, 0.1) is 13.8 Å². The lowest BCUT2D eigenvalue weighted by atomic mass is 10.1. The summed E-state index contributed by atoms with van der Waals surface area (Å²) in [5.74, 6) is 0.104. The normalized spacial score (nSPS) is 11.2. The molecule has 0 bridgehead atoms. The highest BCUT2D eigenvalue weighted by molar-refractivity contribution is 6.04. The maximum Gasteiger partial charge on any atom is 0.416 e. The number of aromatic nitrogens is 1. The molecule has 0 aliphatic rings. The summed E-state index contributed by atoms with van der Waals surface area (Å²) in [6.45, 7) is 3.98. The van der Waals surface area contributed by atoms with Gasteiger partial charge >= 0.3 is 6.18 Å². The molecule has 0 fully saturated rings. The predicted octanol–water partition coefficient (Wildman–Crippen LogP) is 5.71. The van der Waals surface area contributed by atoms with Crippen molar-refractivity contribution in [2.75, 3.05) is 10.6 Å². The van der Waals surface area contributed by atoms with E-state index in [-0.39, 0.29) is 5.56 Å². The van der Waals surface area contributed by atoms with E-state index in [0.717, 1.165) is 41.1 Å². The van der Waals surface area contributed by atoms with E-state index in [1.165, 1.54) is 6.20 Å². The lowest BCUT2D eigenvalue weighted by molar-refractivity contribution is -0.137. The van der Waals surface area contributed by atoms with Crippen LogP contribution in [-0.2, 0) is 6.18 Å². The van der Waals surface area contributed by atoms with Crippen molar-refractivity contribution < 1.29 is 18.0 Å². The van der Waals surface area contributed by atoms with E-state index in [1.807, 2.05) is 32.0 Å². The van der Waals surface area contributed by atoms with Crippen LogP contribution in [0.4, 0.5) is 30.4 Å². The average Bonchev–Trinajstić information content (AvgIpc) is 2.65. The average molecular weight is 385 g/mol. The standard InChI is InChI=1S/C21H18F3N3O/c1-13-3-4-14(2)18(11-13)27-19-10-9-17(12-25-19)26-20(28)15-5-7-16(8-6-15)21(22,23)24/h3-12H,1-2H3,(H,25,27)(H,26,28). The molecular weight excluding hydrogens is 367 g/mol. The van der Waals surface area contributed by atoms with Crippen LogP contribution in [0.15, 0.2) is 60.8 Å². The van der Waals surface area contributed by atoms with Gasteiger partial charge in [0, 0.05) is 11.3 Å². The Morgan fingerprint density at radius 2 is 1.68 bits per heavy atom. The first-order chi connectivity index (χ1) is 13.2. The van der Waals surface area contributed by atoms with E-state index >= 15 is 0 Å². The number of benzene rings is 2. The minimum Gasteiger partial charge on any atom is -0.340 e. The Morgan fingerprint density at radius 1 is 0.964 bits per heavy atom. The molecule has 0 saturated carbocycles. The number of hydrogen-bond donors (Lipinski definition) is 2. The summed E-state index contributed by atoms with van der Waals surface area (Å²) in [5, 5.41) is 5.83. The summed E-state index contributed by atoms with van der Waals surface area (Å²) in [5.41, 5.74) is 2.91. The summed E-state index contributed by atoms with van der Waals surface area (Å²) >= 11 is 0. The number of rotatable bonds is 4. The highest BCUT2D eigenvalue weighted by Crippen LogP contribution is 2.29. The van der Waals surface area contributed by atoms with Gasteiger partial charge in [0.1, 0.15) is 5.82 Å². The van der Waals surface area contributed by atoms with Gasteiger partial charge in [0.15, 0.2) is 0 Å². The number of nitrogens with one attached hydrogen (secondary N) is 2. The van der Waals surface area contributed by atoms with Gasteiger partial charge in [0.2, 0.25) is 0 Å². The van der Waals surface area contributed by atoms with Crippen molar-refractivity contribution in [3.8, 4) is 0 Å². The molecule has 0 radical (unpaired) electrons. The van der Waals surface area contributed by atoms with Crippen LogP contribution >= 0.6 is 0 Å². The molecule has 4 nitrogen and oxygen atoms in total. The fourth-order valence-electron chi connectivity index (χ4n) is 2.56. The van der Waals surface area contributed by atoms with E-state index in [1.54, 1.807) is 12.1 Å². The first-order valence-corrected chi connectivity index (χ1v) is 8.51. The highest BCUT2D eigenvalue weighted by atomic mass is 19.4. The van der Waals surface area contributed by atoms with E-state index in [0.29, 0.717) is 11.5 Å². The molecule has 0 aliphatic carbocycles. The Bertz CT molecular complexity index is 981. The van der Waals surface area contributed by atoms with Gasteiger partial charge in [-0.2, -0.15) is 13.2 Å². The lowest BCUT2D eigenvalue weighted by Crippen LogP contribution is -2.13. The van der Waals surface area contributed by atoms with Gasteiger partial charge in [-0.05, 0) is 67.4 Å². The molecule has 3 rings (SSSR count). The number of pyridine rings is 1. The van der Waals surface area contributed by atoms with Crippen LogP contribution in [0.5, 0.6) is 0 Å². The fourth-order valence-corrected chi connectivity index (χ4v) is 2.56. The first kappa shape index (κ1) is 19.4. The van der Waals surface area contributed by atoms with E-state index < -0.39 is 17.6 Å². The molecule has 144 valence electrons. The summed E-state index contributed by atoms with van der Waals surface area (Å²) in [4.78, 5) is 16.5. The summed E-state index contributed by atoms with van der Waals surface area (Å²) in [6.07, 6.45) is -2.95. The van der Waals surface area contributed by atoms with E-state index in [2.05, 4.69) is 15.6 Å². The Balaban J connectivity index is 1.67. The van der Waals surface area contributed by atoms with Gasteiger partial charge in [-0.15, -0.1) is 0 Å². The molecule has 0 atom stereocenters. The molecular formula is C21H18F3N3O. The maximum atomic E-state index is 12.6. The minimum atomic E-state index is -4.43. The third kappa shape index (κ3) is 4.68. The van der Waals surface area contributed by atoms with E-state index in [9.17, 15) is 18.0 Å². The number of anilines is 3. The number of amides is 1. The third-order valence-corrected chi connectivity index (χ3v) is 4.15. The van der Waals surface area contributed by atoms with Crippen LogP contribution in [0.3, 0.4) is 0 Å². The molecule has 0 unspecified atom stereocenters. The first-order valence-electron chi connectivity index (χ1n) is 8.51. The largest absolute Gasteiger partial charge is 0.416 e. The topological polar surface area (TPSA) is 54.0 Å². The Labute approximate surface area is 160 Å². The van der Waals surface area contributed by atoms with Gasteiger partial charge in [0.05, 0.1) is 17.4 Å². The van der Waals surface area contributed by atoms with Crippen LogP contribution < -0.4 is 10.6 Å². The minimum absolute atomic E-state index is 0.130. The Hall–Kier alpha value is -3.35. The molecule has 1 heterocycles. The number of aryl methyl sites for hydroxylation is 2. The Morgan fingerprint density at radius 3 is 2.29 bits per heavy atom. The van der Waals surface area contributed by atoms with Crippen molar-refractivity contribution in [2.45, 2.75) is 20.0 Å². The molecule has 7 heteroatoms. The zero-order chi connectivity index (χ0) is 20.3. The number of alkyl halides is 3. The predicted molar refractivity (Wildman–Crippen MR) is 103 cm³/mol. The fraction of sp³-hybridized carbons (Fsp3) is 0.143. The maximum absolute atomic E-state index is 12.6. The van der Waals surface area contributed by atoms with Crippen molar-refractivity contribution in [1.29, 1.82) is 0 Å². The van der Waals surface area contributed by atoms with Crippen molar-refractivity contribution in [2.24, 2.45) is 0 Å². The van der Waals surface area contributed by atoms with Gasteiger partial charge in [0.25, 0.3) is 5.91 Å². The number of hydrogen-bond acceptors (Lipinski definition) is 3. The zero-order valence-corrected chi connectivity index (χ0v) is 15.3. The second kappa shape index (κ2) is 7.72. The molecule has 1 amide bonds. The molecule has 0 saturated heterocycles. The molecule has 1 aromatic heterocycles. The van der Waals surface area contributed by atoms with Crippen molar-refractivity contribution in [3.63, 3.8) is 0 Å². The Kier molecular flexibility index (Phi) is 5.35. The molecule has 28 heavy (non-hydrogen) atoms. The molecule has 2 aromatic carbocycles. The van der Waals surface area contributed by atoms with Crippen molar-refractivity contribution >= 4 is 23.1 Å². The van der Waals surface area contributed by atoms with Gasteiger partial charge in [-0.25, -0.2) is 4.98 Å². The summed E-state index contributed by atoms with van der Waals surface area (Å²) in [6, 6.07) is 13.5. The molecule has 0 aliphatic heterocycles. The van der Waals surface area contributed by atoms with Crippen LogP contribution in [0.2, 0.25) is 0 Å². The smallest absolute Gasteiger partial charge is 0.340 e. The van der Waals surface area contributed by atoms with Crippen LogP contribution in [0.25, 0.3) is 0 Å².